The number of rotatable bonds is 9. The lowest BCUT2D eigenvalue weighted by Gasteiger charge is -2.10. The Kier molecular flexibility index (Phi) is 6.83. The standard InChI is InChI=1S/C21H23N3O5S/c1-24-20(14-7-9-17(27-3)19(11-14)29-5)22-23-21(24)30-12-15(25)13-6-8-16(26-2)18(10-13)28-4/h6-11H,12H2,1-5H3. The van der Waals surface area contributed by atoms with E-state index in [2.05, 4.69) is 10.2 Å². The quantitative estimate of drug-likeness (QED) is 0.378. The molecule has 9 heteroatoms. The Bertz CT molecular complexity index is 1050. The highest BCUT2D eigenvalue weighted by Gasteiger charge is 2.16. The topological polar surface area (TPSA) is 84.7 Å². The van der Waals surface area contributed by atoms with E-state index in [4.69, 9.17) is 18.9 Å². The number of Topliss-reactive ketones (excluding diaryl/α,β-unsaturated/α-hetero) is 1. The third kappa shape index (κ3) is 4.35. The molecular formula is C21H23N3O5S. The molecule has 0 spiro atoms. The molecule has 158 valence electrons. The predicted molar refractivity (Wildman–Crippen MR) is 114 cm³/mol. The maximum absolute atomic E-state index is 12.6. The van der Waals surface area contributed by atoms with Crippen molar-refractivity contribution in [2.24, 2.45) is 7.05 Å². The Morgan fingerprint density at radius 3 is 2.10 bits per heavy atom. The molecule has 3 aromatic rings. The fourth-order valence-electron chi connectivity index (χ4n) is 2.89. The van der Waals surface area contributed by atoms with E-state index in [0.717, 1.165) is 5.56 Å². The van der Waals surface area contributed by atoms with Crippen LogP contribution in [-0.2, 0) is 7.05 Å². The number of carbonyl (C=O) groups excluding carboxylic acids is 1. The van der Waals surface area contributed by atoms with Gasteiger partial charge in [0, 0.05) is 18.2 Å². The number of hydrogen-bond donors (Lipinski definition) is 0. The SMILES string of the molecule is COc1ccc(C(=O)CSc2nnc(-c3ccc(OC)c(OC)c3)n2C)cc1OC. The molecule has 8 nitrogen and oxygen atoms in total. The number of ether oxygens (including phenoxy) is 4. The first kappa shape index (κ1) is 21.5. The van der Waals surface area contributed by atoms with Crippen LogP contribution in [0.3, 0.4) is 0 Å². The molecule has 0 amide bonds. The van der Waals surface area contributed by atoms with Gasteiger partial charge in [0.2, 0.25) is 0 Å². The maximum atomic E-state index is 12.6. The van der Waals surface area contributed by atoms with Crippen molar-refractivity contribution in [1.82, 2.24) is 14.8 Å². The molecule has 30 heavy (non-hydrogen) atoms. The summed E-state index contributed by atoms with van der Waals surface area (Å²) in [5, 5.41) is 9.12. The average Bonchev–Trinajstić information content (AvgIpc) is 3.16. The van der Waals surface area contributed by atoms with E-state index in [1.165, 1.54) is 18.9 Å². The molecular weight excluding hydrogens is 406 g/mol. The molecule has 0 N–H and O–H groups in total. The van der Waals surface area contributed by atoms with Crippen LogP contribution in [0.4, 0.5) is 0 Å². The Balaban J connectivity index is 1.75. The van der Waals surface area contributed by atoms with Crippen LogP contribution in [0.5, 0.6) is 23.0 Å². The van der Waals surface area contributed by atoms with Gasteiger partial charge in [0.15, 0.2) is 39.8 Å². The van der Waals surface area contributed by atoms with Gasteiger partial charge in [-0.15, -0.1) is 10.2 Å². The molecule has 0 aliphatic rings. The van der Waals surface area contributed by atoms with E-state index in [1.54, 1.807) is 39.5 Å². The molecule has 2 aromatic carbocycles. The summed E-state index contributed by atoms with van der Waals surface area (Å²) in [5.74, 6) is 3.17. The van der Waals surface area contributed by atoms with Crippen LogP contribution in [0.25, 0.3) is 11.4 Å². The molecule has 3 rings (SSSR count). The van der Waals surface area contributed by atoms with E-state index in [9.17, 15) is 4.79 Å². The molecule has 0 saturated carbocycles. The lowest BCUT2D eigenvalue weighted by atomic mass is 10.1. The van der Waals surface area contributed by atoms with Crippen molar-refractivity contribution in [2.45, 2.75) is 5.16 Å². The van der Waals surface area contributed by atoms with Crippen molar-refractivity contribution in [3.8, 4) is 34.4 Å². The van der Waals surface area contributed by atoms with E-state index in [0.29, 0.717) is 39.5 Å². The molecule has 0 bridgehead atoms. The molecule has 0 radical (unpaired) electrons. The van der Waals surface area contributed by atoms with Crippen LogP contribution in [0.15, 0.2) is 41.6 Å². The Labute approximate surface area is 179 Å². The molecule has 0 saturated heterocycles. The summed E-state index contributed by atoms with van der Waals surface area (Å²) >= 11 is 1.32. The molecule has 1 heterocycles. The van der Waals surface area contributed by atoms with Gasteiger partial charge in [0.25, 0.3) is 0 Å². The fourth-order valence-corrected chi connectivity index (χ4v) is 3.70. The largest absolute Gasteiger partial charge is 0.493 e. The van der Waals surface area contributed by atoms with Crippen molar-refractivity contribution in [3.63, 3.8) is 0 Å². The zero-order valence-electron chi connectivity index (χ0n) is 17.5. The second-order valence-electron chi connectivity index (χ2n) is 6.22. The third-order valence-corrected chi connectivity index (χ3v) is 5.53. The molecule has 1 aromatic heterocycles. The first-order valence-electron chi connectivity index (χ1n) is 9.02. The second kappa shape index (κ2) is 9.53. The van der Waals surface area contributed by atoms with Gasteiger partial charge in [0.1, 0.15) is 0 Å². The molecule has 0 atom stereocenters. The summed E-state index contributed by atoms with van der Waals surface area (Å²) in [7, 11) is 8.12. The van der Waals surface area contributed by atoms with E-state index < -0.39 is 0 Å². The average molecular weight is 429 g/mol. The number of aromatic nitrogens is 3. The highest BCUT2D eigenvalue weighted by Crippen LogP contribution is 2.33. The Morgan fingerprint density at radius 2 is 1.47 bits per heavy atom. The van der Waals surface area contributed by atoms with E-state index >= 15 is 0 Å². The van der Waals surface area contributed by atoms with E-state index in [-0.39, 0.29) is 11.5 Å². The Morgan fingerprint density at radius 1 is 0.867 bits per heavy atom. The van der Waals surface area contributed by atoms with Gasteiger partial charge in [-0.1, -0.05) is 11.8 Å². The van der Waals surface area contributed by atoms with Crippen molar-refractivity contribution in [3.05, 3.63) is 42.0 Å². The molecule has 0 aliphatic carbocycles. The number of benzene rings is 2. The normalized spacial score (nSPS) is 10.6. The van der Waals surface area contributed by atoms with E-state index in [1.807, 2.05) is 29.8 Å². The number of methoxy groups -OCH3 is 4. The van der Waals surface area contributed by atoms with Crippen LogP contribution < -0.4 is 18.9 Å². The summed E-state index contributed by atoms with van der Waals surface area (Å²) in [4.78, 5) is 12.6. The highest BCUT2D eigenvalue weighted by molar-refractivity contribution is 7.99. The third-order valence-electron chi connectivity index (χ3n) is 4.51. The summed E-state index contributed by atoms with van der Waals surface area (Å²) in [6, 6.07) is 10.6. The minimum Gasteiger partial charge on any atom is -0.493 e. The number of ketones is 1. The number of hydrogen-bond acceptors (Lipinski definition) is 8. The van der Waals surface area contributed by atoms with Gasteiger partial charge in [-0.2, -0.15) is 0 Å². The number of carbonyl (C=O) groups is 1. The maximum Gasteiger partial charge on any atom is 0.191 e. The second-order valence-corrected chi connectivity index (χ2v) is 7.16. The fraction of sp³-hybridized carbons (Fsp3) is 0.286. The van der Waals surface area contributed by atoms with Gasteiger partial charge in [0.05, 0.1) is 34.2 Å². The zero-order valence-corrected chi connectivity index (χ0v) is 18.3. The first-order chi connectivity index (χ1) is 14.5. The summed E-state index contributed by atoms with van der Waals surface area (Å²) < 4.78 is 23.0. The minimum atomic E-state index is -0.0448. The monoisotopic (exact) mass is 429 g/mol. The predicted octanol–water partition coefficient (Wildman–Crippen LogP) is 3.49. The van der Waals surface area contributed by atoms with Crippen molar-refractivity contribution in [1.29, 1.82) is 0 Å². The van der Waals surface area contributed by atoms with Gasteiger partial charge >= 0.3 is 0 Å². The number of thioether (sulfide) groups is 1. The molecule has 0 aliphatic heterocycles. The lowest BCUT2D eigenvalue weighted by Crippen LogP contribution is -2.05. The number of nitrogens with zero attached hydrogens (tertiary/aromatic N) is 3. The zero-order chi connectivity index (χ0) is 21.7. The highest BCUT2D eigenvalue weighted by atomic mass is 32.2. The van der Waals surface area contributed by atoms with Crippen LogP contribution >= 0.6 is 11.8 Å². The van der Waals surface area contributed by atoms with Gasteiger partial charge in [-0.05, 0) is 36.4 Å². The van der Waals surface area contributed by atoms with Gasteiger partial charge in [-0.25, -0.2) is 0 Å². The summed E-state index contributed by atoms with van der Waals surface area (Å²) in [6.45, 7) is 0. The van der Waals surface area contributed by atoms with Crippen LogP contribution in [0, 0.1) is 0 Å². The van der Waals surface area contributed by atoms with Crippen molar-refractivity contribution in [2.75, 3.05) is 34.2 Å². The molecule has 0 unspecified atom stereocenters. The van der Waals surface area contributed by atoms with Gasteiger partial charge < -0.3 is 23.5 Å². The Hall–Kier alpha value is -3.20. The smallest absolute Gasteiger partial charge is 0.191 e. The van der Waals surface area contributed by atoms with Crippen molar-refractivity contribution >= 4 is 17.5 Å². The van der Waals surface area contributed by atoms with Crippen LogP contribution in [0.2, 0.25) is 0 Å². The summed E-state index contributed by atoms with van der Waals surface area (Å²) in [5.41, 5.74) is 1.38. The van der Waals surface area contributed by atoms with Gasteiger partial charge in [-0.3, -0.25) is 4.79 Å². The van der Waals surface area contributed by atoms with Crippen LogP contribution in [0.1, 0.15) is 10.4 Å². The minimum absolute atomic E-state index is 0.0448. The van der Waals surface area contributed by atoms with Crippen molar-refractivity contribution < 1.29 is 23.7 Å². The summed E-state index contributed by atoms with van der Waals surface area (Å²) in [6.07, 6.45) is 0. The van der Waals surface area contributed by atoms with Crippen LogP contribution in [-0.4, -0.2) is 54.7 Å². The molecule has 0 fully saturated rings. The lowest BCUT2D eigenvalue weighted by molar-refractivity contribution is 0.102. The first-order valence-corrected chi connectivity index (χ1v) is 10.0.